The van der Waals surface area contributed by atoms with Crippen LogP contribution in [-0.2, 0) is 20.7 Å². The molecule has 0 radical (unpaired) electrons. The first-order valence-electron chi connectivity index (χ1n) is 8.39. The van der Waals surface area contributed by atoms with Crippen molar-refractivity contribution < 1.29 is 19.1 Å². The minimum absolute atomic E-state index is 0.135. The first-order valence-corrected chi connectivity index (χ1v) is 8.77. The number of anilines is 1. The summed E-state index contributed by atoms with van der Waals surface area (Å²) in [7, 11) is 1.32. The molecule has 27 heavy (non-hydrogen) atoms. The number of aryl methyl sites for hydroxylation is 2. The van der Waals surface area contributed by atoms with Crippen LogP contribution in [0.4, 0.5) is 5.69 Å². The fourth-order valence-electron chi connectivity index (χ4n) is 2.37. The summed E-state index contributed by atoms with van der Waals surface area (Å²) >= 11 is 6.06. The molecule has 0 spiro atoms. The number of carbonyl (C=O) groups is 3. The quantitative estimate of drug-likeness (QED) is 0.714. The molecule has 0 aliphatic carbocycles. The van der Waals surface area contributed by atoms with Gasteiger partial charge >= 0.3 is 5.97 Å². The second-order valence-corrected chi connectivity index (χ2v) is 6.40. The number of rotatable bonds is 7. The fourth-order valence-corrected chi connectivity index (χ4v) is 2.65. The predicted octanol–water partition coefficient (Wildman–Crippen LogP) is 3.12. The normalized spacial score (nSPS) is 10.2. The second-order valence-electron chi connectivity index (χ2n) is 6.00. The zero-order valence-corrected chi connectivity index (χ0v) is 15.9. The third-order valence-electron chi connectivity index (χ3n) is 3.86. The van der Waals surface area contributed by atoms with Gasteiger partial charge in [0, 0.05) is 6.42 Å². The molecule has 0 aliphatic rings. The molecule has 7 heteroatoms. The Morgan fingerprint density at radius 2 is 1.74 bits per heavy atom. The molecule has 2 amide bonds. The molecule has 142 valence electrons. The van der Waals surface area contributed by atoms with Gasteiger partial charge in [-0.3, -0.25) is 9.59 Å². The smallest absolute Gasteiger partial charge is 0.337 e. The van der Waals surface area contributed by atoms with Crippen LogP contribution >= 0.6 is 11.6 Å². The molecule has 2 rings (SSSR count). The van der Waals surface area contributed by atoms with E-state index in [4.69, 9.17) is 11.6 Å². The van der Waals surface area contributed by atoms with Gasteiger partial charge in [-0.2, -0.15) is 0 Å². The number of esters is 1. The van der Waals surface area contributed by atoms with Gasteiger partial charge < -0.3 is 15.4 Å². The van der Waals surface area contributed by atoms with Crippen LogP contribution in [0.2, 0.25) is 5.02 Å². The van der Waals surface area contributed by atoms with Crippen molar-refractivity contribution in [3.8, 4) is 0 Å². The summed E-state index contributed by atoms with van der Waals surface area (Å²) in [5.41, 5.74) is 2.86. The monoisotopic (exact) mass is 388 g/mol. The molecule has 0 aromatic heterocycles. The molecular formula is C20H21ClN2O4. The Labute approximate surface area is 162 Å². The van der Waals surface area contributed by atoms with Crippen molar-refractivity contribution >= 4 is 35.1 Å². The van der Waals surface area contributed by atoms with Gasteiger partial charge in [0.05, 0.1) is 29.9 Å². The van der Waals surface area contributed by atoms with E-state index in [0.29, 0.717) is 22.7 Å². The maximum absolute atomic E-state index is 11.9. The van der Waals surface area contributed by atoms with E-state index in [1.807, 2.05) is 13.0 Å². The predicted molar refractivity (Wildman–Crippen MR) is 104 cm³/mol. The van der Waals surface area contributed by atoms with Crippen LogP contribution in [0.25, 0.3) is 0 Å². The highest BCUT2D eigenvalue weighted by molar-refractivity contribution is 6.33. The molecule has 0 unspecified atom stereocenters. The lowest BCUT2D eigenvalue weighted by Gasteiger charge is -2.09. The molecule has 0 atom stereocenters. The average molecular weight is 389 g/mol. The van der Waals surface area contributed by atoms with Crippen molar-refractivity contribution in [2.75, 3.05) is 19.0 Å². The van der Waals surface area contributed by atoms with E-state index in [1.54, 1.807) is 36.4 Å². The first kappa shape index (κ1) is 20.5. The summed E-state index contributed by atoms with van der Waals surface area (Å²) in [6.45, 7) is 1.77. The molecule has 2 aromatic rings. The number of ether oxygens (including phenoxy) is 1. The van der Waals surface area contributed by atoms with Gasteiger partial charge in [-0.05, 0) is 48.7 Å². The highest BCUT2D eigenvalue weighted by Gasteiger charge is 2.09. The third-order valence-corrected chi connectivity index (χ3v) is 4.17. The number of amides is 2. The lowest BCUT2D eigenvalue weighted by atomic mass is 10.1. The van der Waals surface area contributed by atoms with Crippen LogP contribution in [0.1, 0.15) is 27.9 Å². The average Bonchev–Trinajstić information content (AvgIpc) is 2.66. The lowest BCUT2D eigenvalue weighted by Crippen LogP contribution is -2.33. The number of hydrogen-bond acceptors (Lipinski definition) is 4. The Hall–Kier alpha value is -2.86. The summed E-state index contributed by atoms with van der Waals surface area (Å²) in [5.74, 6) is -0.993. The van der Waals surface area contributed by atoms with E-state index in [2.05, 4.69) is 15.4 Å². The highest BCUT2D eigenvalue weighted by Crippen LogP contribution is 2.22. The maximum atomic E-state index is 11.9. The Balaban J connectivity index is 1.75. The van der Waals surface area contributed by atoms with E-state index >= 15 is 0 Å². The Bertz CT molecular complexity index is 834. The van der Waals surface area contributed by atoms with E-state index in [-0.39, 0.29) is 24.8 Å². The van der Waals surface area contributed by atoms with Gasteiger partial charge in [0.15, 0.2) is 0 Å². The fraction of sp³-hybridized carbons (Fsp3) is 0.250. The molecule has 0 aliphatic heterocycles. The van der Waals surface area contributed by atoms with Crippen molar-refractivity contribution in [1.82, 2.24) is 5.32 Å². The second kappa shape index (κ2) is 9.73. The molecule has 0 saturated carbocycles. The van der Waals surface area contributed by atoms with Crippen molar-refractivity contribution in [2.24, 2.45) is 0 Å². The lowest BCUT2D eigenvalue weighted by molar-refractivity contribution is -0.124. The van der Waals surface area contributed by atoms with Crippen LogP contribution < -0.4 is 10.6 Å². The van der Waals surface area contributed by atoms with Crippen LogP contribution in [0, 0.1) is 6.92 Å². The van der Waals surface area contributed by atoms with E-state index in [0.717, 1.165) is 11.1 Å². The van der Waals surface area contributed by atoms with Gasteiger partial charge in [-0.15, -0.1) is 0 Å². The van der Waals surface area contributed by atoms with Gasteiger partial charge in [0.1, 0.15) is 0 Å². The number of benzene rings is 2. The van der Waals surface area contributed by atoms with Crippen LogP contribution in [-0.4, -0.2) is 31.4 Å². The van der Waals surface area contributed by atoms with Crippen molar-refractivity contribution in [3.05, 3.63) is 64.2 Å². The molecule has 0 heterocycles. The molecule has 0 saturated heterocycles. The standard InChI is InChI=1S/C20H21ClN2O4/c1-13-3-9-17(16(21)11-13)23-19(25)12-22-18(24)10-6-14-4-7-15(8-5-14)20(26)27-2/h3-5,7-9,11H,6,10,12H2,1-2H3,(H,22,24)(H,23,25). The summed E-state index contributed by atoms with van der Waals surface area (Å²) in [4.78, 5) is 35.2. The van der Waals surface area contributed by atoms with E-state index < -0.39 is 5.97 Å². The third kappa shape index (κ3) is 6.42. The van der Waals surface area contributed by atoms with Gasteiger partial charge in [-0.25, -0.2) is 4.79 Å². The number of hydrogen-bond donors (Lipinski definition) is 2. The van der Waals surface area contributed by atoms with Crippen molar-refractivity contribution in [3.63, 3.8) is 0 Å². The number of halogens is 1. The first-order chi connectivity index (χ1) is 12.9. The maximum Gasteiger partial charge on any atom is 0.337 e. The van der Waals surface area contributed by atoms with E-state index in [1.165, 1.54) is 7.11 Å². The molecular weight excluding hydrogens is 368 g/mol. The van der Waals surface area contributed by atoms with Crippen LogP contribution in [0.15, 0.2) is 42.5 Å². The van der Waals surface area contributed by atoms with Crippen molar-refractivity contribution in [2.45, 2.75) is 19.8 Å². The molecule has 6 nitrogen and oxygen atoms in total. The number of carbonyl (C=O) groups excluding carboxylic acids is 3. The van der Waals surface area contributed by atoms with Crippen molar-refractivity contribution in [1.29, 1.82) is 0 Å². The Morgan fingerprint density at radius 3 is 2.37 bits per heavy atom. The summed E-state index contributed by atoms with van der Waals surface area (Å²) in [6, 6.07) is 12.1. The molecule has 2 N–H and O–H groups in total. The molecule has 0 bridgehead atoms. The summed E-state index contributed by atoms with van der Waals surface area (Å²) < 4.78 is 4.64. The topological polar surface area (TPSA) is 84.5 Å². The zero-order valence-electron chi connectivity index (χ0n) is 15.2. The molecule has 0 fully saturated rings. The largest absolute Gasteiger partial charge is 0.465 e. The van der Waals surface area contributed by atoms with E-state index in [9.17, 15) is 14.4 Å². The Morgan fingerprint density at radius 1 is 1.04 bits per heavy atom. The Kier molecular flexibility index (Phi) is 7.37. The van der Waals surface area contributed by atoms with Crippen LogP contribution in [0.3, 0.4) is 0 Å². The summed E-state index contributed by atoms with van der Waals surface area (Å²) in [6.07, 6.45) is 0.731. The van der Waals surface area contributed by atoms with Crippen LogP contribution in [0.5, 0.6) is 0 Å². The molecule has 2 aromatic carbocycles. The zero-order chi connectivity index (χ0) is 19.8. The summed E-state index contributed by atoms with van der Waals surface area (Å²) in [5, 5.41) is 5.68. The minimum atomic E-state index is -0.404. The van der Waals surface area contributed by atoms with Gasteiger partial charge in [-0.1, -0.05) is 29.8 Å². The highest BCUT2D eigenvalue weighted by atomic mass is 35.5. The number of nitrogens with one attached hydrogen (secondary N) is 2. The minimum Gasteiger partial charge on any atom is -0.465 e. The van der Waals surface area contributed by atoms with Gasteiger partial charge in [0.2, 0.25) is 11.8 Å². The number of methoxy groups -OCH3 is 1. The SMILES string of the molecule is COC(=O)c1ccc(CCC(=O)NCC(=O)Nc2ccc(C)cc2Cl)cc1. The van der Waals surface area contributed by atoms with Gasteiger partial charge in [0.25, 0.3) is 0 Å².